The summed E-state index contributed by atoms with van der Waals surface area (Å²) in [5.41, 5.74) is 2.17. The molecule has 6 nitrogen and oxygen atoms in total. The normalized spacial score (nSPS) is 20.3. The number of hydrogen-bond donors (Lipinski definition) is 1. The summed E-state index contributed by atoms with van der Waals surface area (Å²) in [7, 11) is 0. The highest BCUT2D eigenvalue weighted by molar-refractivity contribution is 5.85. The number of piperidine rings is 1. The Hall–Kier alpha value is -1.96. The average Bonchev–Trinajstić information content (AvgIpc) is 3.17. The molecule has 2 saturated heterocycles. The number of piperazine rings is 1. The van der Waals surface area contributed by atoms with Crippen molar-refractivity contribution in [2.24, 2.45) is 5.92 Å². The Kier molecular flexibility index (Phi) is 7.64. The van der Waals surface area contributed by atoms with Crippen LogP contribution in [0.25, 0.3) is 0 Å². The van der Waals surface area contributed by atoms with Crippen molar-refractivity contribution in [3.05, 3.63) is 53.6 Å². The second kappa shape index (κ2) is 10.2. The second-order valence-corrected chi connectivity index (χ2v) is 7.82. The van der Waals surface area contributed by atoms with Gasteiger partial charge in [-0.1, -0.05) is 12.1 Å². The third-order valence-electron chi connectivity index (χ3n) is 5.63. The zero-order valence-corrected chi connectivity index (χ0v) is 17.4. The maximum Gasteiger partial charge on any atom is 0.227 e. The molecular weight excluding hydrogens is 393 g/mol. The monoisotopic (exact) mass is 421 g/mol. The lowest BCUT2D eigenvalue weighted by molar-refractivity contribution is -0.138. The van der Waals surface area contributed by atoms with E-state index in [2.05, 4.69) is 15.3 Å². The summed E-state index contributed by atoms with van der Waals surface area (Å²) in [6.45, 7) is 6.74. The summed E-state index contributed by atoms with van der Waals surface area (Å²) in [6.07, 6.45) is 5.99. The van der Waals surface area contributed by atoms with Gasteiger partial charge in [-0.2, -0.15) is 5.10 Å². The van der Waals surface area contributed by atoms with Gasteiger partial charge in [0, 0.05) is 51.0 Å². The highest BCUT2D eigenvalue weighted by atomic mass is 35.5. The summed E-state index contributed by atoms with van der Waals surface area (Å²) in [4.78, 5) is 17.2. The zero-order valence-electron chi connectivity index (χ0n) is 16.6. The van der Waals surface area contributed by atoms with E-state index in [0.717, 1.165) is 69.8 Å². The largest absolute Gasteiger partial charge is 0.340 e. The van der Waals surface area contributed by atoms with Crippen molar-refractivity contribution in [1.82, 2.24) is 24.9 Å². The quantitative estimate of drug-likeness (QED) is 0.803. The standard InChI is InChI=1S/C21H28FN5O.ClH/c22-20-5-3-17(4-6-20)14-27-15-18(12-24-27)13-25-9-1-2-19(16-25)21(28)26-10-7-23-8-11-26;/h3-6,12,15,19,23H,1-2,7-11,13-14,16H2;1H. The molecule has 2 aliphatic rings. The molecule has 2 aromatic rings. The Balaban J connectivity index is 0.00000240. The average molecular weight is 422 g/mol. The fourth-order valence-corrected chi connectivity index (χ4v) is 4.15. The predicted octanol–water partition coefficient (Wildman–Crippen LogP) is 2.14. The summed E-state index contributed by atoms with van der Waals surface area (Å²) in [5, 5.41) is 7.75. The Morgan fingerprint density at radius 3 is 2.62 bits per heavy atom. The van der Waals surface area contributed by atoms with E-state index in [-0.39, 0.29) is 24.1 Å². The van der Waals surface area contributed by atoms with Gasteiger partial charge in [-0.25, -0.2) is 4.39 Å². The van der Waals surface area contributed by atoms with Crippen LogP contribution in [-0.2, 0) is 17.9 Å². The number of carbonyl (C=O) groups excluding carboxylic acids is 1. The van der Waals surface area contributed by atoms with E-state index in [9.17, 15) is 9.18 Å². The Bertz CT molecular complexity index is 791. The highest BCUT2D eigenvalue weighted by Gasteiger charge is 2.29. The molecule has 1 atom stereocenters. The summed E-state index contributed by atoms with van der Waals surface area (Å²) in [6, 6.07) is 6.52. The molecular formula is C21H29ClFN5O. The second-order valence-electron chi connectivity index (χ2n) is 7.82. The van der Waals surface area contributed by atoms with E-state index >= 15 is 0 Å². The van der Waals surface area contributed by atoms with Crippen LogP contribution in [-0.4, -0.2) is 64.8 Å². The number of carbonyl (C=O) groups is 1. The summed E-state index contributed by atoms with van der Waals surface area (Å²) in [5.74, 6) is 0.208. The number of nitrogens with one attached hydrogen (secondary N) is 1. The highest BCUT2D eigenvalue weighted by Crippen LogP contribution is 2.21. The van der Waals surface area contributed by atoms with Gasteiger partial charge < -0.3 is 10.2 Å². The van der Waals surface area contributed by atoms with E-state index < -0.39 is 0 Å². The van der Waals surface area contributed by atoms with E-state index in [1.165, 1.54) is 12.1 Å². The number of nitrogens with zero attached hydrogens (tertiary/aromatic N) is 4. The number of benzene rings is 1. The summed E-state index contributed by atoms with van der Waals surface area (Å²) < 4.78 is 14.9. The van der Waals surface area contributed by atoms with Crippen LogP contribution in [0, 0.1) is 11.7 Å². The molecule has 1 N–H and O–H groups in total. The van der Waals surface area contributed by atoms with Crippen molar-refractivity contribution in [3.8, 4) is 0 Å². The van der Waals surface area contributed by atoms with Crippen molar-refractivity contribution >= 4 is 18.3 Å². The fraction of sp³-hybridized carbons (Fsp3) is 0.524. The number of rotatable bonds is 5. The molecule has 0 saturated carbocycles. The van der Waals surface area contributed by atoms with Crippen LogP contribution in [0.1, 0.15) is 24.0 Å². The molecule has 29 heavy (non-hydrogen) atoms. The SMILES string of the molecule is Cl.O=C(C1CCCN(Cc2cnn(Cc3ccc(F)cc3)c2)C1)N1CCNCC1. The molecule has 3 heterocycles. The van der Waals surface area contributed by atoms with Crippen LogP contribution in [0.15, 0.2) is 36.7 Å². The first kappa shape index (κ1) is 21.7. The number of halogens is 2. The maximum absolute atomic E-state index is 13.0. The van der Waals surface area contributed by atoms with Gasteiger partial charge in [0.25, 0.3) is 0 Å². The van der Waals surface area contributed by atoms with E-state index in [4.69, 9.17) is 0 Å². The van der Waals surface area contributed by atoms with Crippen LogP contribution in [0.2, 0.25) is 0 Å². The first-order chi connectivity index (χ1) is 13.7. The number of likely N-dealkylation sites (tertiary alicyclic amines) is 1. The Labute approximate surface area is 177 Å². The molecule has 0 radical (unpaired) electrons. The molecule has 4 rings (SSSR count). The van der Waals surface area contributed by atoms with Gasteiger partial charge in [-0.05, 0) is 37.1 Å². The Morgan fingerprint density at radius 2 is 1.86 bits per heavy atom. The molecule has 2 fully saturated rings. The van der Waals surface area contributed by atoms with Crippen LogP contribution in [0.3, 0.4) is 0 Å². The van der Waals surface area contributed by atoms with Crippen LogP contribution >= 0.6 is 12.4 Å². The molecule has 0 aliphatic carbocycles. The molecule has 1 aromatic carbocycles. The van der Waals surface area contributed by atoms with Crippen molar-refractivity contribution < 1.29 is 9.18 Å². The van der Waals surface area contributed by atoms with Crippen molar-refractivity contribution in [1.29, 1.82) is 0 Å². The molecule has 1 amide bonds. The van der Waals surface area contributed by atoms with E-state index in [1.807, 2.05) is 22.0 Å². The van der Waals surface area contributed by atoms with Gasteiger partial charge in [0.15, 0.2) is 0 Å². The topological polar surface area (TPSA) is 53.4 Å². The minimum Gasteiger partial charge on any atom is -0.340 e. The van der Waals surface area contributed by atoms with Crippen molar-refractivity contribution in [2.75, 3.05) is 39.3 Å². The van der Waals surface area contributed by atoms with E-state index in [1.54, 1.807) is 12.1 Å². The lowest BCUT2D eigenvalue weighted by Gasteiger charge is -2.36. The van der Waals surface area contributed by atoms with Crippen LogP contribution in [0.4, 0.5) is 4.39 Å². The minimum absolute atomic E-state index is 0. The lowest BCUT2D eigenvalue weighted by Crippen LogP contribution is -2.51. The van der Waals surface area contributed by atoms with Gasteiger partial charge in [-0.3, -0.25) is 14.4 Å². The molecule has 158 valence electrons. The first-order valence-corrected chi connectivity index (χ1v) is 10.1. The lowest BCUT2D eigenvalue weighted by atomic mass is 9.96. The molecule has 0 bridgehead atoms. The van der Waals surface area contributed by atoms with Gasteiger partial charge in [-0.15, -0.1) is 12.4 Å². The smallest absolute Gasteiger partial charge is 0.227 e. The van der Waals surface area contributed by atoms with Gasteiger partial charge in [0.2, 0.25) is 5.91 Å². The maximum atomic E-state index is 13.0. The third kappa shape index (κ3) is 5.78. The fourth-order valence-electron chi connectivity index (χ4n) is 4.15. The molecule has 8 heteroatoms. The number of hydrogen-bond acceptors (Lipinski definition) is 4. The Morgan fingerprint density at radius 1 is 1.10 bits per heavy atom. The number of aromatic nitrogens is 2. The van der Waals surface area contributed by atoms with Crippen molar-refractivity contribution in [2.45, 2.75) is 25.9 Å². The molecule has 2 aliphatic heterocycles. The third-order valence-corrected chi connectivity index (χ3v) is 5.63. The molecule has 1 unspecified atom stereocenters. The van der Waals surface area contributed by atoms with Gasteiger partial charge in [0.1, 0.15) is 5.82 Å². The van der Waals surface area contributed by atoms with Crippen LogP contribution < -0.4 is 5.32 Å². The first-order valence-electron chi connectivity index (χ1n) is 10.1. The zero-order chi connectivity index (χ0) is 19.3. The van der Waals surface area contributed by atoms with Gasteiger partial charge >= 0.3 is 0 Å². The van der Waals surface area contributed by atoms with Crippen molar-refractivity contribution in [3.63, 3.8) is 0 Å². The predicted molar refractivity (Wildman–Crippen MR) is 112 cm³/mol. The number of amides is 1. The van der Waals surface area contributed by atoms with Crippen LogP contribution in [0.5, 0.6) is 0 Å². The summed E-state index contributed by atoms with van der Waals surface area (Å²) >= 11 is 0. The molecule has 0 spiro atoms. The molecule has 1 aromatic heterocycles. The minimum atomic E-state index is -0.222. The van der Waals surface area contributed by atoms with E-state index in [0.29, 0.717) is 12.5 Å². The van der Waals surface area contributed by atoms with Gasteiger partial charge in [0.05, 0.1) is 18.7 Å².